The molecular weight excluding hydrogens is 655 g/mol. The smallest absolute Gasteiger partial charge is 0.139 e. The van der Waals surface area contributed by atoms with Gasteiger partial charge in [0.15, 0.2) is 0 Å². The Bertz CT molecular complexity index is 3020. The summed E-state index contributed by atoms with van der Waals surface area (Å²) in [6.07, 6.45) is 0. The van der Waals surface area contributed by atoms with Crippen LogP contribution in [0.1, 0.15) is 26.3 Å². The van der Waals surface area contributed by atoms with E-state index in [1.807, 2.05) is 0 Å². The van der Waals surface area contributed by atoms with Crippen molar-refractivity contribution in [1.82, 2.24) is 0 Å². The van der Waals surface area contributed by atoms with Gasteiger partial charge in [-0.05, 0) is 109 Å². The van der Waals surface area contributed by atoms with Crippen molar-refractivity contribution in [3.05, 3.63) is 188 Å². The first-order chi connectivity index (χ1) is 26.4. The number of furan rings is 1. The van der Waals surface area contributed by atoms with Gasteiger partial charge in [0.25, 0.3) is 0 Å². The molecule has 258 valence electrons. The van der Waals surface area contributed by atoms with Crippen LogP contribution in [0.4, 0.5) is 17.1 Å². The van der Waals surface area contributed by atoms with Crippen LogP contribution >= 0.6 is 0 Å². The highest BCUT2D eigenvalue weighted by Gasteiger charge is 2.24. The summed E-state index contributed by atoms with van der Waals surface area (Å²) in [5.41, 5.74) is 11.0. The number of hydrogen-bond acceptors (Lipinski definition) is 2. The summed E-state index contributed by atoms with van der Waals surface area (Å²) in [6, 6.07) is 66.1. The van der Waals surface area contributed by atoms with Crippen molar-refractivity contribution in [2.75, 3.05) is 4.90 Å². The first kappa shape index (κ1) is 32.0. The Morgan fingerprint density at radius 1 is 0.426 bits per heavy atom. The third kappa shape index (κ3) is 5.33. The molecule has 1 aromatic heterocycles. The molecule has 0 N–H and O–H groups in total. The molecule has 0 aliphatic carbocycles. The van der Waals surface area contributed by atoms with E-state index in [0.29, 0.717) is 0 Å². The van der Waals surface area contributed by atoms with E-state index in [0.717, 1.165) is 39.0 Å². The molecule has 0 fully saturated rings. The van der Waals surface area contributed by atoms with Gasteiger partial charge in [0.2, 0.25) is 0 Å². The molecule has 0 aliphatic heterocycles. The predicted molar refractivity (Wildman–Crippen MR) is 230 cm³/mol. The van der Waals surface area contributed by atoms with Gasteiger partial charge < -0.3 is 9.32 Å². The molecule has 1 heterocycles. The van der Waals surface area contributed by atoms with Gasteiger partial charge in [0.05, 0.1) is 11.1 Å². The van der Waals surface area contributed by atoms with Gasteiger partial charge in [0.1, 0.15) is 11.2 Å². The molecule has 0 bridgehead atoms. The Hall–Kier alpha value is -6.64. The van der Waals surface area contributed by atoms with Crippen molar-refractivity contribution in [3.63, 3.8) is 0 Å². The van der Waals surface area contributed by atoms with Crippen LogP contribution in [0.5, 0.6) is 0 Å². The number of para-hydroxylation sites is 1. The minimum atomic E-state index is -0.0609. The van der Waals surface area contributed by atoms with Crippen LogP contribution in [0.2, 0.25) is 0 Å². The maximum absolute atomic E-state index is 6.71. The van der Waals surface area contributed by atoms with Crippen molar-refractivity contribution in [2.45, 2.75) is 26.2 Å². The number of hydrogen-bond donors (Lipinski definition) is 0. The fourth-order valence-corrected chi connectivity index (χ4v) is 8.29. The predicted octanol–water partition coefficient (Wildman–Crippen LogP) is 15.1. The number of anilines is 3. The van der Waals surface area contributed by atoms with Gasteiger partial charge in [-0.3, -0.25) is 0 Å². The SMILES string of the molecule is CC(C)(C)c1cccc2c1oc1cccc(N(c3ccc(-c4ccc5ccccc5c4)cc3)c3ccc(-c4cc5ccccc5c5ccccc45)cc3)c12. The minimum Gasteiger partial charge on any atom is -0.456 e. The summed E-state index contributed by atoms with van der Waals surface area (Å²) in [7, 11) is 0. The van der Waals surface area contributed by atoms with Crippen molar-refractivity contribution < 1.29 is 4.42 Å². The third-order valence-electron chi connectivity index (χ3n) is 11.0. The van der Waals surface area contributed by atoms with E-state index in [4.69, 9.17) is 4.42 Å². The molecule has 0 spiro atoms. The minimum absolute atomic E-state index is 0.0609. The number of fused-ring (bicyclic) bond motifs is 7. The molecule has 2 heteroatoms. The topological polar surface area (TPSA) is 16.4 Å². The second-order valence-corrected chi connectivity index (χ2v) is 15.4. The second kappa shape index (κ2) is 12.5. The first-order valence-electron chi connectivity index (χ1n) is 18.8. The summed E-state index contributed by atoms with van der Waals surface area (Å²) in [5, 5.41) is 9.79. The molecule has 0 radical (unpaired) electrons. The molecule has 0 aliphatic rings. The molecule has 0 atom stereocenters. The summed E-state index contributed by atoms with van der Waals surface area (Å²) in [5.74, 6) is 0. The Labute approximate surface area is 315 Å². The van der Waals surface area contributed by atoms with Crippen LogP contribution in [-0.2, 0) is 5.41 Å². The Kier molecular flexibility index (Phi) is 7.42. The number of nitrogens with zero attached hydrogens (tertiary/aromatic N) is 1. The zero-order chi connectivity index (χ0) is 36.4. The molecule has 2 nitrogen and oxygen atoms in total. The van der Waals surface area contributed by atoms with Crippen molar-refractivity contribution in [2.24, 2.45) is 0 Å². The highest BCUT2D eigenvalue weighted by Crippen LogP contribution is 2.46. The average molecular weight is 694 g/mol. The molecule has 10 rings (SSSR count). The number of rotatable bonds is 5. The highest BCUT2D eigenvalue weighted by molar-refractivity contribution is 6.15. The fourth-order valence-electron chi connectivity index (χ4n) is 8.29. The van der Waals surface area contributed by atoms with Crippen LogP contribution in [0.25, 0.3) is 76.5 Å². The molecule has 0 saturated heterocycles. The third-order valence-corrected chi connectivity index (χ3v) is 11.0. The van der Waals surface area contributed by atoms with Gasteiger partial charge in [-0.15, -0.1) is 0 Å². The van der Waals surface area contributed by atoms with Crippen molar-refractivity contribution >= 4 is 71.3 Å². The van der Waals surface area contributed by atoms with Gasteiger partial charge in [0, 0.05) is 22.3 Å². The summed E-state index contributed by atoms with van der Waals surface area (Å²) in [4.78, 5) is 2.38. The van der Waals surface area contributed by atoms with E-state index in [1.165, 1.54) is 60.1 Å². The van der Waals surface area contributed by atoms with E-state index in [-0.39, 0.29) is 5.41 Å². The first-order valence-corrected chi connectivity index (χ1v) is 18.8. The van der Waals surface area contributed by atoms with Gasteiger partial charge in [-0.2, -0.15) is 0 Å². The lowest BCUT2D eigenvalue weighted by atomic mass is 9.86. The molecular formula is C52H39NO. The zero-order valence-corrected chi connectivity index (χ0v) is 30.7. The highest BCUT2D eigenvalue weighted by atomic mass is 16.3. The van der Waals surface area contributed by atoms with Gasteiger partial charge in [-0.1, -0.05) is 154 Å². The van der Waals surface area contributed by atoms with E-state index < -0.39 is 0 Å². The standard InChI is InChI=1S/C52H39NO/c1-52(2,3)47-19-10-18-45-50-48(20-11-21-49(50)54-51(45)47)53(40-28-24-35(25-29-40)38-23-22-34-12-4-5-13-37(34)32-38)41-30-26-36(27-31-41)46-33-39-14-6-7-15-42(39)43-16-8-9-17-44(43)46/h4-33H,1-3H3. The molecule has 9 aromatic carbocycles. The second-order valence-electron chi connectivity index (χ2n) is 15.4. The summed E-state index contributed by atoms with van der Waals surface area (Å²) >= 11 is 0. The fraction of sp³-hybridized carbons (Fsp3) is 0.0769. The maximum Gasteiger partial charge on any atom is 0.139 e. The Balaban J connectivity index is 1.14. The Morgan fingerprint density at radius 2 is 1.02 bits per heavy atom. The molecule has 10 aromatic rings. The Morgan fingerprint density at radius 3 is 1.76 bits per heavy atom. The quantitative estimate of drug-likeness (QED) is 0.167. The largest absolute Gasteiger partial charge is 0.456 e. The van der Waals surface area contributed by atoms with E-state index >= 15 is 0 Å². The van der Waals surface area contributed by atoms with Gasteiger partial charge in [-0.25, -0.2) is 0 Å². The lowest BCUT2D eigenvalue weighted by Crippen LogP contribution is -2.11. The van der Waals surface area contributed by atoms with Crippen LogP contribution in [0, 0.1) is 0 Å². The maximum atomic E-state index is 6.71. The molecule has 0 saturated carbocycles. The molecule has 0 unspecified atom stereocenters. The lowest BCUT2D eigenvalue weighted by molar-refractivity contribution is 0.573. The van der Waals surface area contributed by atoms with Crippen LogP contribution < -0.4 is 4.90 Å². The van der Waals surface area contributed by atoms with Crippen molar-refractivity contribution in [3.8, 4) is 22.3 Å². The molecule has 0 amide bonds. The number of benzene rings is 9. The van der Waals surface area contributed by atoms with Crippen LogP contribution in [-0.4, -0.2) is 0 Å². The van der Waals surface area contributed by atoms with Gasteiger partial charge >= 0.3 is 0 Å². The van der Waals surface area contributed by atoms with Crippen LogP contribution in [0.3, 0.4) is 0 Å². The van der Waals surface area contributed by atoms with E-state index in [1.54, 1.807) is 0 Å². The average Bonchev–Trinajstić information content (AvgIpc) is 3.60. The summed E-state index contributed by atoms with van der Waals surface area (Å²) < 4.78 is 6.71. The lowest BCUT2D eigenvalue weighted by Gasteiger charge is -2.27. The molecule has 54 heavy (non-hydrogen) atoms. The van der Waals surface area contributed by atoms with Crippen molar-refractivity contribution in [1.29, 1.82) is 0 Å². The van der Waals surface area contributed by atoms with Crippen LogP contribution in [0.15, 0.2) is 186 Å². The monoisotopic (exact) mass is 693 g/mol. The normalized spacial score (nSPS) is 12.0. The van der Waals surface area contributed by atoms with E-state index in [2.05, 4.69) is 208 Å². The van der Waals surface area contributed by atoms with E-state index in [9.17, 15) is 0 Å². The zero-order valence-electron chi connectivity index (χ0n) is 30.7. The summed E-state index contributed by atoms with van der Waals surface area (Å²) in [6.45, 7) is 6.75.